The van der Waals surface area contributed by atoms with Crippen LogP contribution in [0.25, 0.3) is 0 Å². The number of hydrogen-bond acceptors (Lipinski definition) is 2. The highest BCUT2D eigenvalue weighted by molar-refractivity contribution is 6.30. The first kappa shape index (κ1) is 15.5. The number of carbonyl (C=O) groups is 1. The predicted molar refractivity (Wildman–Crippen MR) is 84.5 cm³/mol. The number of methoxy groups -OCH3 is 1. The minimum atomic E-state index is -0.0431. The lowest BCUT2D eigenvalue weighted by Gasteiger charge is -2.22. The summed E-state index contributed by atoms with van der Waals surface area (Å²) < 4.78 is 5.10. The molecule has 0 saturated carbocycles. The Bertz CT molecular complexity index is 586. The quantitative estimate of drug-likeness (QED) is 0.815. The Hall–Kier alpha value is -1.84. The summed E-state index contributed by atoms with van der Waals surface area (Å²) >= 11 is 5.96. The summed E-state index contributed by atoms with van der Waals surface area (Å²) in [4.78, 5) is 14.4. The number of carbonyl (C=O) groups excluding carboxylic acids is 1. The molecule has 0 aliphatic heterocycles. The van der Waals surface area contributed by atoms with Gasteiger partial charge >= 0.3 is 0 Å². The summed E-state index contributed by atoms with van der Waals surface area (Å²) in [5.74, 6) is -0.0431. The highest BCUT2D eigenvalue weighted by Gasteiger charge is 2.16. The fourth-order valence-corrected chi connectivity index (χ4v) is 2.25. The normalized spacial score (nSPS) is 10.4. The van der Waals surface area contributed by atoms with Gasteiger partial charge in [0.1, 0.15) is 0 Å². The largest absolute Gasteiger partial charge is 0.383 e. The molecule has 0 aliphatic carbocycles. The number of nitrogens with zero attached hydrogens (tertiary/aromatic N) is 1. The lowest BCUT2D eigenvalue weighted by atomic mass is 10.1. The standard InChI is InChI=1S/C17H18ClNO2/c1-21-11-10-19(13-14-6-3-2-4-7-14)17(20)15-8-5-9-16(18)12-15/h2-9,12H,10-11,13H2,1H3. The molecule has 2 aromatic rings. The van der Waals surface area contributed by atoms with E-state index in [-0.39, 0.29) is 5.91 Å². The number of ether oxygens (including phenoxy) is 1. The monoisotopic (exact) mass is 303 g/mol. The van der Waals surface area contributed by atoms with Crippen molar-refractivity contribution in [1.29, 1.82) is 0 Å². The Morgan fingerprint density at radius 2 is 1.90 bits per heavy atom. The minimum absolute atomic E-state index is 0.0431. The topological polar surface area (TPSA) is 29.5 Å². The molecule has 0 saturated heterocycles. The van der Waals surface area contributed by atoms with Crippen molar-refractivity contribution in [2.75, 3.05) is 20.3 Å². The highest BCUT2D eigenvalue weighted by atomic mass is 35.5. The third kappa shape index (κ3) is 4.59. The number of hydrogen-bond donors (Lipinski definition) is 0. The zero-order valence-electron chi connectivity index (χ0n) is 12.0. The van der Waals surface area contributed by atoms with E-state index in [0.717, 1.165) is 5.56 Å². The fourth-order valence-electron chi connectivity index (χ4n) is 2.06. The van der Waals surface area contributed by atoms with Gasteiger partial charge < -0.3 is 9.64 Å². The molecular formula is C17H18ClNO2. The molecule has 0 heterocycles. The predicted octanol–water partition coefficient (Wildman–Crippen LogP) is 3.63. The van der Waals surface area contributed by atoms with E-state index >= 15 is 0 Å². The molecule has 3 nitrogen and oxygen atoms in total. The summed E-state index contributed by atoms with van der Waals surface area (Å²) in [5, 5.41) is 0.562. The fraction of sp³-hybridized carbons (Fsp3) is 0.235. The Balaban J connectivity index is 2.17. The summed E-state index contributed by atoms with van der Waals surface area (Å²) in [5.41, 5.74) is 1.68. The highest BCUT2D eigenvalue weighted by Crippen LogP contribution is 2.14. The van der Waals surface area contributed by atoms with E-state index in [9.17, 15) is 4.79 Å². The first-order valence-electron chi connectivity index (χ1n) is 6.78. The Kier molecular flexibility index (Phi) is 5.78. The third-order valence-electron chi connectivity index (χ3n) is 3.14. The second-order valence-corrected chi connectivity index (χ2v) is 5.15. The lowest BCUT2D eigenvalue weighted by Crippen LogP contribution is -2.33. The molecule has 0 bridgehead atoms. The second-order valence-electron chi connectivity index (χ2n) is 4.72. The Morgan fingerprint density at radius 1 is 1.14 bits per heavy atom. The molecule has 4 heteroatoms. The number of amides is 1. The second kappa shape index (κ2) is 7.81. The van der Waals surface area contributed by atoms with E-state index in [1.54, 1.807) is 36.3 Å². The van der Waals surface area contributed by atoms with Crippen LogP contribution in [0.2, 0.25) is 5.02 Å². The van der Waals surface area contributed by atoms with Crippen LogP contribution in [0.5, 0.6) is 0 Å². The van der Waals surface area contributed by atoms with Crippen molar-refractivity contribution in [3.63, 3.8) is 0 Å². The smallest absolute Gasteiger partial charge is 0.254 e. The van der Waals surface area contributed by atoms with Crippen LogP contribution in [-0.4, -0.2) is 31.1 Å². The van der Waals surface area contributed by atoms with Gasteiger partial charge in [-0.25, -0.2) is 0 Å². The van der Waals surface area contributed by atoms with Crippen molar-refractivity contribution in [3.8, 4) is 0 Å². The molecule has 2 aromatic carbocycles. The molecule has 0 N–H and O–H groups in total. The van der Waals surface area contributed by atoms with Gasteiger partial charge in [0.05, 0.1) is 6.61 Å². The molecule has 21 heavy (non-hydrogen) atoms. The van der Waals surface area contributed by atoms with Crippen LogP contribution >= 0.6 is 11.6 Å². The van der Waals surface area contributed by atoms with Crippen molar-refractivity contribution in [2.24, 2.45) is 0 Å². The maximum Gasteiger partial charge on any atom is 0.254 e. The van der Waals surface area contributed by atoms with Crippen molar-refractivity contribution in [1.82, 2.24) is 4.90 Å². The summed E-state index contributed by atoms with van der Waals surface area (Å²) in [6, 6.07) is 16.9. The van der Waals surface area contributed by atoms with Crippen LogP contribution in [0.4, 0.5) is 0 Å². The number of benzene rings is 2. The summed E-state index contributed by atoms with van der Waals surface area (Å²) in [7, 11) is 1.63. The van der Waals surface area contributed by atoms with Gasteiger partial charge in [-0.05, 0) is 23.8 Å². The van der Waals surface area contributed by atoms with E-state index in [1.165, 1.54) is 0 Å². The number of halogens is 1. The first-order chi connectivity index (χ1) is 10.2. The maximum absolute atomic E-state index is 12.6. The van der Waals surface area contributed by atoms with Crippen molar-refractivity contribution in [2.45, 2.75) is 6.54 Å². The van der Waals surface area contributed by atoms with Crippen LogP contribution in [0.1, 0.15) is 15.9 Å². The van der Waals surface area contributed by atoms with Crippen LogP contribution in [0, 0.1) is 0 Å². The van der Waals surface area contributed by atoms with Crippen LogP contribution < -0.4 is 0 Å². The van der Waals surface area contributed by atoms with Gasteiger partial charge in [0.25, 0.3) is 5.91 Å². The average molecular weight is 304 g/mol. The Labute approximate surface area is 130 Å². The maximum atomic E-state index is 12.6. The number of rotatable bonds is 6. The molecule has 0 atom stereocenters. The third-order valence-corrected chi connectivity index (χ3v) is 3.38. The molecule has 0 radical (unpaired) electrons. The molecule has 2 rings (SSSR count). The van der Waals surface area contributed by atoms with Gasteiger partial charge in [0.15, 0.2) is 0 Å². The average Bonchev–Trinajstić information content (AvgIpc) is 2.51. The van der Waals surface area contributed by atoms with Gasteiger partial charge in [0.2, 0.25) is 0 Å². The Morgan fingerprint density at radius 3 is 2.57 bits per heavy atom. The molecular weight excluding hydrogens is 286 g/mol. The molecule has 0 fully saturated rings. The van der Waals surface area contributed by atoms with Crippen LogP contribution in [0.3, 0.4) is 0 Å². The van der Waals surface area contributed by atoms with E-state index in [2.05, 4.69) is 0 Å². The zero-order valence-corrected chi connectivity index (χ0v) is 12.7. The van der Waals surface area contributed by atoms with Crippen molar-refractivity contribution < 1.29 is 9.53 Å². The van der Waals surface area contributed by atoms with Gasteiger partial charge in [-0.1, -0.05) is 48.0 Å². The molecule has 0 aromatic heterocycles. The SMILES string of the molecule is COCCN(Cc1ccccc1)C(=O)c1cccc(Cl)c1. The van der Waals surface area contributed by atoms with Crippen LogP contribution in [0.15, 0.2) is 54.6 Å². The van der Waals surface area contributed by atoms with E-state index in [1.807, 2.05) is 30.3 Å². The molecule has 0 aliphatic rings. The molecule has 0 spiro atoms. The zero-order chi connectivity index (χ0) is 15.1. The van der Waals surface area contributed by atoms with Crippen LogP contribution in [-0.2, 0) is 11.3 Å². The van der Waals surface area contributed by atoms with Crippen molar-refractivity contribution >= 4 is 17.5 Å². The van der Waals surface area contributed by atoms with Gasteiger partial charge in [-0.2, -0.15) is 0 Å². The van der Waals surface area contributed by atoms with E-state index < -0.39 is 0 Å². The van der Waals surface area contributed by atoms with Crippen molar-refractivity contribution in [3.05, 3.63) is 70.7 Å². The van der Waals surface area contributed by atoms with E-state index in [4.69, 9.17) is 16.3 Å². The lowest BCUT2D eigenvalue weighted by molar-refractivity contribution is 0.0680. The van der Waals surface area contributed by atoms with E-state index in [0.29, 0.717) is 30.3 Å². The molecule has 110 valence electrons. The first-order valence-corrected chi connectivity index (χ1v) is 7.16. The summed E-state index contributed by atoms with van der Waals surface area (Å²) in [6.45, 7) is 1.59. The van der Waals surface area contributed by atoms with Gasteiger partial charge in [-0.15, -0.1) is 0 Å². The van der Waals surface area contributed by atoms with Gasteiger partial charge in [-0.3, -0.25) is 4.79 Å². The minimum Gasteiger partial charge on any atom is -0.383 e. The molecule has 1 amide bonds. The molecule has 0 unspecified atom stereocenters. The van der Waals surface area contributed by atoms with Gasteiger partial charge in [0, 0.05) is 30.8 Å². The summed E-state index contributed by atoms with van der Waals surface area (Å²) in [6.07, 6.45) is 0.